The molecule has 0 aromatic heterocycles. The average molecular weight is 246 g/mol. The molecule has 0 amide bonds. The van der Waals surface area contributed by atoms with E-state index in [1.54, 1.807) is 0 Å². The van der Waals surface area contributed by atoms with E-state index in [-0.39, 0.29) is 11.7 Å². The number of aryl methyl sites for hydroxylation is 1. The molecule has 1 aliphatic carbocycles. The molecule has 2 rings (SSSR count). The van der Waals surface area contributed by atoms with Gasteiger partial charge in [-0.2, -0.15) is 0 Å². The molecule has 2 unspecified atom stereocenters. The Bertz CT molecular complexity index is 502. The van der Waals surface area contributed by atoms with Gasteiger partial charge < -0.3 is 5.11 Å². The van der Waals surface area contributed by atoms with E-state index in [4.69, 9.17) is 5.11 Å². The number of Topliss-reactive ketones (excluding diaryl/α,β-unsaturated/α-hetero) is 1. The van der Waals surface area contributed by atoms with Crippen molar-refractivity contribution in [2.75, 3.05) is 0 Å². The second-order valence-electron chi connectivity index (χ2n) is 5.38. The molecule has 1 aliphatic rings. The van der Waals surface area contributed by atoms with Crippen molar-refractivity contribution in [1.82, 2.24) is 0 Å². The van der Waals surface area contributed by atoms with E-state index in [1.807, 2.05) is 25.1 Å². The first-order valence-electron chi connectivity index (χ1n) is 6.29. The number of hydrogen-bond acceptors (Lipinski definition) is 2. The Balaban J connectivity index is 2.25. The van der Waals surface area contributed by atoms with Gasteiger partial charge in [-0.3, -0.25) is 9.59 Å². The van der Waals surface area contributed by atoms with E-state index >= 15 is 0 Å². The fourth-order valence-corrected chi connectivity index (χ4v) is 2.22. The Kier molecular flexibility index (Phi) is 3.24. The lowest BCUT2D eigenvalue weighted by Crippen LogP contribution is -2.10. The Labute approximate surface area is 107 Å². The summed E-state index contributed by atoms with van der Waals surface area (Å²) in [4.78, 5) is 23.1. The maximum absolute atomic E-state index is 12.3. The van der Waals surface area contributed by atoms with E-state index in [2.05, 4.69) is 13.8 Å². The van der Waals surface area contributed by atoms with Crippen LogP contribution in [0, 0.1) is 18.8 Å². The fourth-order valence-electron chi connectivity index (χ4n) is 2.22. The van der Waals surface area contributed by atoms with Gasteiger partial charge in [-0.25, -0.2) is 0 Å². The number of benzene rings is 1. The number of carboxylic acids is 1. The summed E-state index contributed by atoms with van der Waals surface area (Å²) in [6.45, 7) is 6.06. The van der Waals surface area contributed by atoms with Crippen molar-refractivity contribution < 1.29 is 14.7 Å². The lowest BCUT2D eigenvalue weighted by Gasteiger charge is -2.10. The van der Waals surface area contributed by atoms with Gasteiger partial charge in [-0.1, -0.05) is 26.0 Å². The highest BCUT2D eigenvalue weighted by molar-refractivity contribution is 6.03. The van der Waals surface area contributed by atoms with Crippen molar-refractivity contribution >= 4 is 11.8 Å². The van der Waals surface area contributed by atoms with E-state index < -0.39 is 11.9 Å². The summed E-state index contributed by atoms with van der Waals surface area (Å²) < 4.78 is 0. The maximum Gasteiger partial charge on any atom is 0.307 e. The first-order chi connectivity index (χ1) is 8.41. The number of hydrogen-bond donors (Lipinski definition) is 1. The number of carbonyl (C=O) groups excluding carboxylic acids is 1. The molecule has 0 heterocycles. The van der Waals surface area contributed by atoms with E-state index in [9.17, 15) is 9.59 Å². The molecule has 1 N–H and O–H groups in total. The second-order valence-corrected chi connectivity index (χ2v) is 5.38. The molecule has 0 spiro atoms. The van der Waals surface area contributed by atoms with Crippen LogP contribution in [0.25, 0.3) is 0 Å². The zero-order valence-electron chi connectivity index (χ0n) is 10.9. The predicted octanol–water partition coefficient (Wildman–Crippen LogP) is 3.02. The maximum atomic E-state index is 12.3. The van der Waals surface area contributed by atoms with Crippen LogP contribution in [0.1, 0.15) is 47.7 Å². The van der Waals surface area contributed by atoms with Crippen LogP contribution >= 0.6 is 0 Å². The molecule has 96 valence electrons. The molecular formula is C15H18O3. The van der Waals surface area contributed by atoms with Crippen LogP contribution in [-0.4, -0.2) is 16.9 Å². The van der Waals surface area contributed by atoms with Crippen LogP contribution in [-0.2, 0) is 4.79 Å². The van der Waals surface area contributed by atoms with Gasteiger partial charge in [0.2, 0.25) is 0 Å². The van der Waals surface area contributed by atoms with Gasteiger partial charge in [0.15, 0.2) is 5.78 Å². The minimum atomic E-state index is -0.856. The summed E-state index contributed by atoms with van der Waals surface area (Å²) in [6, 6.07) is 5.89. The van der Waals surface area contributed by atoms with Crippen molar-refractivity contribution in [2.24, 2.45) is 11.8 Å². The molecule has 3 nitrogen and oxygen atoms in total. The molecule has 0 aliphatic heterocycles. The number of rotatable bonds is 4. The lowest BCUT2D eigenvalue weighted by atomic mass is 9.94. The topological polar surface area (TPSA) is 54.4 Å². The third kappa shape index (κ3) is 2.30. The first kappa shape index (κ1) is 12.8. The van der Waals surface area contributed by atoms with E-state index in [0.717, 1.165) is 11.1 Å². The molecule has 0 bridgehead atoms. The Morgan fingerprint density at radius 3 is 2.44 bits per heavy atom. The van der Waals surface area contributed by atoms with Crippen molar-refractivity contribution in [2.45, 2.75) is 33.1 Å². The van der Waals surface area contributed by atoms with Crippen LogP contribution in [0.5, 0.6) is 0 Å². The van der Waals surface area contributed by atoms with Gasteiger partial charge in [-0.15, -0.1) is 0 Å². The molecule has 3 heteroatoms. The van der Waals surface area contributed by atoms with Gasteiger partial charge in [0.05, 0.1) is 5.92 Å². The van der Waals surface area contributed by atoms with Crippen LogP contribution in [0.3, 0.4) is 0 Å². The molecule has 0 radical (unpaired) electrons. The number of ketones is 1. The largest absolute Gasteiger partial charge is 0.481 e. The first-order valence-corrected chi connectivity index (χ1v) is 6.29. The quantitative estimate of drug-likeness (QED) is 0.831. The summed E-state index contributed by atoms with van der Waals surface area (Å²) in [7, 11) is 0. The minimum absolute atomic E-state index is 0.0117. The highest BCUT2D eigenvalue weighted by Crippen LogP contribution is 2.41. The number of carboxylic acid groups (broad SMARTS) is 1. The average Bonchev–Trinajstić information content (AvgIpc) is 3.08. The van der Waals surface area contributed by atoms with Gasteiger partial charge in [0.25, 0.3) is 0 Å². The van der Waals surface area contributed by atoms with Gasteiger partial charge in [0, 0.05) is 11.5 Å². The summed E-state index contributed by atoms with van der Waals surface area (Å²) in [5.41, 5.74) is 2.74. The molecule has 1 aromatic carbocycles. The van der Waals surface area contributed by atoms with Gasteiger partial charge in [-0.05, 0) is 36.5 Å². The van der Waals surface area contributed by atoms with Gasteiger partial charge in [0.1, 0.15) is 0 Å². The highest BCUT2D eigenvalue weighted by atomic mass is 16.4. The molecule has 1 aromatic rings. The molecule has 1 fully saturated rings. The SMILES string of the molecule is Cc1ccc(C(C)C)cc1C(=O)C1CC1C(=O)O. The highest BCUT2D eigenvalue weighted by Gasteiger charge is 2.48. The minimum Gasteiger partial charge on any atom is -0.481 e. The van der Waals surface area contributed by atoms with Gasteiger partial charge >= 0.3 is 5.97 Å². The van der Waals surface area contributed by atoms with Crippen LogP contribution in [0.15, 0.2) is 18.2 Å². The predicted molar refractivity (Wildman–Crippen MR) is 68.8 cm³/mol. The molecule has 1 saturated carbocycles. The summed E-state index contributed by atoms with van der Waals surface area (Å²) in [6.07, 6.45) is 0.486. The Hall–Kier alpha value is -1.64. The lowest BCUT2D eigenvalue weighted by molar-refractivity contribution is -0.138. The number of carbonyl (C=O) groups is 2. The smallest absolute Gasteiger partial charge is 0.307 e. The van der Waals surface area contributed by atoms with Crippen LogP contribution in [0.4, 0.5) is 0 Å². The summed E-state index contributed by atoms with van der Waals surface area (Å²) in [5.74, 6) is -1.29. The summed E-state index contributed by atoms with van der Waals surface area (Å²) in [5, 5.41) is 8.88. The number of aliphatic carboxylic acids is 1. The van der Waals surface area contributed by atoms with E-state index in [1.165, 1.54) is 0 Å². The van der Waals surface area contributed by atoms with Crippen LogP contribution < -0.4 is 0 Å². The monoisotopic (exact) mass is 246 g/mol. The third-order valence-electron chi connectivity index (χ3n) is 3.64. The van der Waals surface area contributed by atoms with Crippen molar-refractivity contribution in [3.63, 3.8) is 0 Å². The molecule has 18 heavy (non-hydrogen) atoms. The van der Waals surface area contributed by atoms with Crippen molar-refractivity contribution in [3.05, 3.63) is 34.9 Å². The van der Waals surface area contributed by atoms with Crippen molar-refractivity contribution in [3.8, 4) is 0 Å². The standard InChI is InChI=1S/C15H18O3/c1-8(2)10-5-4-9(3)11(6-10)14(16)12-7-13(12)15(17)18/h4-6,8,12-13H,7H2,1-3H3,(H,17,18). The second kappa shape index (κ2) is 4.56. The zero-order valence-corrected chi connectivity index (χ0v) is 10.9. The molecule has 0 saturated heterocycles. The van der Waals surface area contributed by atoms with Crippen molar-refractivity contribution in [1.29, 1.82) is 0 Å². The normalized spacial score (nSPS) is 22.0. The molecule has 2 atom stereocenters. The Morgan fingerprint density at radius 1 is 1.28 bits per heavy atom. The summed E-state index contributed by atoms with van der Waals surface area (Å²) >= 11 is 0. The third-order valence-corrected chi connectivity index (χ3v) is 3.64. The van der Waals surface area contributed by atoms with E-state index in [0.29, 0.717) is 17.9 Å². The molecular weight excluding hydrogens is 228 g/mol. The Morgan fingerprint density at radius 2 is 1.94 bits per heavy atom. The fraction of sp³-hybridized carbons (Fsp3) is 0.467. The zero-order chi connectivity index (χ0) is 13.4. The van der Waals surface area contributed by atoms with Crippen LogP contribution in [0.2, 0.25) is 0 Å².